The Hall–Kier alpha value is -0.450. The van der Waals surface area contributed by atoms with Gasteiger partial charge in [0.05, 0.1) is 6.10 Å². The van der Waals surface area contributed by atoms with Gasteiger partial charge >= 0.3 is 0 Å². The minimum atomic E-state index is -0.589. The number of fused-ring (bicyclic) bond motifs is 1. The Morgan fingerprint density at radius 3 is 2.50 bits per heavy atom. The van der Waals surface area contributed by atoms with E-state index >= 15 is 0 Å². The van der Waals surface area contributed by atoms with E-state index < -0.39 is 11.9 Å². The molecule has 2 fully saturated rings. The van der Waals surface area contributed by atoms with Crippen molar-refractivity contribution < 1.29 is 19.0 Å². The van der Waals surface area contributed by atoms with Crippen LogP contribution in [0.5, 0.6) is 0 Å². The smallest absolute Gasteiger partial charge is 0.164 e. The molecule has 2 heterocycles. The second-order valence-corrected chi connectivity index (χ2v) is 4.25. The second-order valence-electron chi connectivity index (χ2n) is 4.25. The molecule has 0 aromatic heterocycles. The highest BCUT2D eigenvalue weighted by atomic mass is 16.8. The molecule has 4 heteroatoms. The van der Waals surface area contributed by atoms with E-state index in [1.54, 1.807) is 0 Å². The zero-order valence-corrected chi connectivity index (χ0v) is 8.73. The molecule has 2 saturated heterocycles. The van der Waals surface area contributed by atoms with Crippen LogP contribution in [0.4, 0.5) is 0 Å². The largest absolute Gasteiger partial charge is 0.362 e. The molecule has 0 N–H and O–H groups in total. The first-order chi connectivity index (χ1) is 6.57. The van der Waals surface area contributed by atoms with Crippen LogP contribution in [0.1, 0.15) is 27.2 Å². The molecule has 4 nitrogen and oxygen atoms in total. The molecule has 2 aliphatic rings. The number of rotatable bonds is 2. The van der Waals surface area contributed by atoms with Crippen molar-refractivity contribution in [2.24, 2.45) is 0 Å². The summed E-state index contributed by atoms with van der Waals surface area (Å²) in [5.74, 6) is -0.589. The molecule has 80 valence electrons. The van der Waals surface area contributed by atoms with Crippen molar-refractivity contribution in [2.45, 2.75) is 57.4 Å². The maximum Gasteiger partial charge on any atom is 0.164 e. The van der Waals surface area contributed by atoms with Gasteiger partial charge in [-0.05, 0) is 20.3 Å². The van der Waals surface area contributed by atoms with E-state index in [4.69, 9.17) is 14.2 Å². The fraction of sp³-hybridized carbons (Fsp3) is 0.900. The normalized spacial score (nSPS) is 45.1. The predicted molar refractivity (Wildman–Crippen MR) is 48.8 cm³/mol. The summed E-state index contributed by atoms with van der Waals surface area (Å²) >= 11 is 0. The Bertz CT molecular complexity index is 238. The van der Waals surface area contributed by atoms with Crippen LogP contribution in [-0.2, 0) is 19.0 Å². The molecule has 0 radical (unpaired) electrons. The average Bonchev–Trinajstić information content (AvgIpc) is 2.57. The molecular formula is C10H16O4. The van der Waals surface area contributed by atoms with Gasteiger partial charge in [0, 0.05) is 0 Å². The molecule has 0 unspecified atom stereocenters. The molecule has 0 aliphatic carbocycles. The molecular weight excluding hydrogens is 184 g/mol. The maximum atomic E-state index is 10.8. The van der Waals surface area contributed by atoms with Gasteiger partial charge in [-0.15, -0.1) is 0 Å². The summed E-state index contributed by atoms with van der Waals surface area (Å²) in [5, 5.41) is 0. The standard InChI is InChI=1S/C10H16O4/c1-4-6-8-9(7(5-11)12-6)14-10(2,3)13-8/h5-9H,4H2,1-3H3/t6-,7+,8-,9+/m0/s1. The highest BCUT2D eigenvalue weighted by Crippen LogP contribution is 2.38. The Balaban J connectivity index is 2.16. The quantitative estimate of drug-likeness (QED) is 0.621. The molecule has 0 spiro atoms. The lowest BCUT2D eigenvalue weighted by Crippen LogP contribution is -2.30. The highest BCUT2D eigenvalue weighted by molar-refractivity contribution is 5.58. The van der Waals surface area contributed by atoms with Gasteiger partial charge in [-0.2, -0.15) is 0 Å². The molecule has 0 amide bonds. The number of carbonyl (C=O) groups is 1. The van der Waals surface area contributed by atoms with Crippen LogP contribution in [0.3, 0.4) is 0 Å². The molecule has 4 atom stereocenters. The Labute approximate surface area is 83.5 Å². The van der Waals surface area contributed by atoms with Crippen molar-refractivity contribution in [1.29, 1.82) is 0 Å². The fourth-order valence-electron chi connectivity index (χ4n) is 2.15. The summed E-state index contributed by atoms with van der Waals surface area (Å²) < 4.78 is 16.8. The van der Waals surface area contributed by atoms with Crippen LogP contribution in [0.15, 0.2) is 0 Å². The summed E-state index contributed by atoms with van der Waals surface area (Å²) in [7, 11) is 0. The van der Waals surface area contributed by atoms with Gasteiger partial charge in [0.25, 0.3) is 0 Å². The zero-order valence-electron chi connectivity index (χ0n) is 8.73. The number of carbonyl (C=O) groups excluding carboxylic acids is 1. The van der Waals surface area contributed by atoms with Crippen molar-refractivity contribution in [3.05, 3.63) is 0 Å². The van der Waals surface area contributed by atoms with Crippen LogP contribution in [0, 0.1) is 0 Å². The van der Waals surface area contributed by atoms with Crippen molar-refractivity contribution in [3.8, 4) is 0 Å². The van der Waals surface area contributed by atoms with Gasteiger partial charge in [-0.3, -0.25) is 0 Å². The first kappa shape index (κ1) is 10.1. The van der Waals surface area contributed by atoms with E-state index in [0.717, 1.165) is 12.7 Å². The Morgan fingerprint density at radius 1 is 1.29 bits per heavy atom. The van der Waals surface area contributed by atoms with Crippen molar-refractivity contribution in [3.63, 3.8) is 0 Å². The highest BCUT2D eigenvalue weighted by Gasteiger charge is 2.54. The van der Waals surface area contributed by atoms with E-state index in [2.05, 4.69) is 0 Å². The summed E-state index contributed by atoms with van der Waals surface area (Å²) in [6.07, 6.45) is 0.838. The number of hydrogen-bond donors (Lipinski definition) is 0. The fourth-order valence-corrected chi connectivity index (χ4v) is 2.15. The second kappa shape index (κ2) is 3.29. The van der Waals surface area contributed by atoms with Crippen LogP contribution < -0.4 is 0 Å². The van der Waals surface area contributed by atoms with E-state index in [0.29, 0.717) is 0 Å². The molecule has 0 saturated carbocycles. The van der Waals surface area contributed by atoms with Gasteiger partial charge in [0.2, 0.25) is 0 Å². The minimum Gasteiger partial charge on any atom is -0.362 e. The first-order valence-electron chi connectivity index (χ1n) is 5.04. The summed E-state index contributed by atoms with van der Waals surface area (Å²) in [4.78, 5) is 10.8. The van der Waals surface area contributed by atoms with Crippen molar-refractivity contribution in [2.75, 3.05) is 0 Å². The molecule has 2 rings (SSSR count). The molecule has 14 heavy (non-hydrogen) atoms. The molecule has 2 aliphatic heterocycles. The van der Waals surface area contributed by atoms with Gasteiger partial charge in [0.1, 0.15) is 18.3 Å². The van der Waals surface area contributed by atoms with E-state index in [-0.39, 0.29) is 18.3 Å². The van der Waals surface area contributed by atoms with Crippen molar-refractivity contribution >= 4 is 6.29 Å². The summed E-state index contributed by atoms with van der Waals surface area (Å²) in [6, 6.07) is 0. The lowest BCUT2D eigenvalue weighted by Gasteiger charge is -2.22. The van der Waals surface area contributed by atoms with Gasteiger partial charge < -0.3 is 19.0 Å². The van der Waals surface area contributed by atoms with E-state index in [1.807, 2.05) is 20.8 Å². The van der Waals surface area contributed by atoms with E-state index in [9.17, 15) is 4.79 Å². The van der Waals surface area contributed by atoms with Gasteiger partial charge in [-0.25, -0.2) is 0 Å². The van der Waals surface area contributed by atoms with Crippen LogP contribution in [-0.4, -0.2) is 36.5 Å². The number of hydrogen-bond acceptors (Lipinski definition) is 4. The monoisotopic (exact) mass is 200 g/mol. The molecule has 0 aromatic carbocycles. The van der Waals surface area contributed by atoms with Crippen LogP contribution >= 0.6 is 0 Å². The van der Waals surface area contributed by atoms with Gasteiger partial charge in [0.15, 0.2) is 12.1 Å². The third-order valence-electron chi connectivity index (χ3n) is 2.72. The van der Waals surface area contributed by atoms with Crippen LogP contribution in [0.25, 0.3) is 0 Å². The first-order valence-corrected chi connectivity index (χ1v) is 5.04. The maximum absolute atomic E-state index is 10.8. The van der Waals surface area contributed by atoms with Crippen molar-refractivity contribution in [1.82, 2.24) is 0 Å². The number of ether oxygens (including phenoxy) is 3. The summed E-state index contributed by atoms with van der Waals surface area (Å²) in [6.45, 7) is 5.74. The van der Waals surface area contributed by atoms with Crippen LogP contribution in [0.2, 0.25) is 0 Å². The molecule has 0 bridgehead atoms. The predicted octanol–water partition coefficient (Wildman–Crippen LogP) is 0.883. The SMILES string of the molecule is CC[C@@H]1O[C@H](C=O)[C@H]2OC(C)(C)O[C@H]21. The third kappa shape index (κ3) is 1.47. The lowest BCUT2D eigenvalue weighted by molar-refractivity contribution is -0.185. The van der Waals surface area contributed by atoms with Gasteiger partial charge in [-0.1, -0.05) is 6.92 Å². The topological polar surface area (TPSA) is 44.8 Å². The Morgan fingerprint density at radius 2 is 1.93 bits per heavy atom. The molecule has 0 aromatic rings. The third-order valence-corrected chi connectivity index (χ3v) is 2.72. The zero-order chi connectivity index (χ0) is 10.3. The minimum absolute atomic E-state index is 0.0167. The average molecular weight is 200 g/mol. The number of aldehydes is 1. The summed E-state index contributed by atoms with van der Waals surface area (Å²) in [5.41, 5.74) is 0. The Kier molecular flexibility index (Phi) is 2.37. The lowest BCUT2D eigenvalue weighted by atomic mass is 10.1. The van der Waals surface area contributed by atoms with E-state index in [1.165, 1.54) is 0 Å².